The highest BCUT2D eigenvalue weighted by Crippen LogP contribution is 2.12. The van der Waals surface area contributed by atoms with Crippen molar-refractivity contribution in [1.82, 2.24) is 10.3 Å². The van der Waals surface area contributed by atoms with Crippen LogP contribution in [-0.4, -0.2) is 37.8 Å². The van der Waals surface area contributed by atoms with Gasteiger partial charge in [-0.3, -0.25) is 10.3 Å². The zero-order valence-corrected chi connectivity index (χ0v) is 10.2. The number of nitrogens with one attached hydrogen (secondary N) is 1. The summed E-state index contributed by atoms with van der Waals surface area (Å²) in [6.45, 7) is 3.26. The molecule has 1 unspecified atom stereocenters. The van der Waals surface area contributed by atoms with Gasteiger partial charge in [0, 0.05) is 26.0 Å². The molecule has 0 aliphatic carbocycles. The summed E-state index contributed by atoms with van der Waals surface area (Å²) in [5.41, 5.74) is 0.794. The fourth-order valence-corrected chi connectivity index (χ4v) is 1.41. The van der Waals surface area contributed by atoms with Gasteiger partial charge in [-0.05, 0) is 18.6 Å². The van der Waals surface area contributed by atoms with Gasteiger partial charge in [-0.15, -0.1) is 0 Å². The van der Waals surface area contributed by atoms with E-state index in [1.54, 1.807) is 32.5 Å². The normalized spacial score (nSPS) is 12.1. The van der Waals surface area contributed by atoms with Gasteiger partial charge in [-0.1, -0.05) is 6.07 Å². The lowest BCUT2D eigenvalue weighted by atomic mass is 10.1. The largest absolute Gasteiger partial charge is 0.465 e. The molecule has 0 radical (unpaired) electrons. The second-order valence-electron chi connectivity index (χ2n) is 3.42. The molecular weight excluding hydrogens is 220 g/mol. The van der Waals surface area contributed by atoms with E-state index in [9.17, 15) is 4.79 Å². The molecule has 0 aliphatic rings. The number of esters is 1. The molecule has 0 spiro atoms. The monoisotopic (exact) mass is 238 g/mol. The molecule has 1 heterocycles. The number of methoxy groups -OCH3 is 1. The van der Waals surface area contributed by atoms with Crippen molar-refractivity contribution in [1.29, 1.82) is 0 Å². The molecule has 1 aromatic heterocycles. The maximum Gasteiger partial charge on any atom is 0.327 e. The van der Waals surface area contributed by atoms with Crippen molar-refractivity contribution < 1.29 is 14.3 Å². The molecule has 1 atom stereocenters. The highest BCUT2D eigenvalue weighted by molar-refractivity contribution is 5.77. The van der Waals surface area contributed by atoms with Crippen LogP contribution in [0.15, 0.2) is 24.5 Å². The summed E-state index contributed by atoms with van der Waals surface area (Å²) >= 11 is 0. The molecule has 5 nitrogen and oxygen atoms in total. The third-order valence-electron chi connectivity index (χ3n) is 2.19. The van der Waals surface area contributed by atoms with Gasteiger partial charge in [-0.25, -0.2) is 4.79 Å². The highest BCUT2D eigenvalue weighted by Gasteiger charge is 2.21. The Morgan fingerprint density at radius 3 is 3.00 bits per heavy atom. The minimum Gasteiger partial charge on any atom is -0.465 e. The van der Waals surface area contributed by atoms with Gasteiger partial charge >= 0.3 is 5.97 Å². The molecule has 0 saturated heterocycles. The van der Waals surface area contributed by atoms with E-state index in [0.29, 0.717) is 19.8 Å². The molecule has 94 valence electrons. The van der Waals surface area contributed by atoms with E-state index >= 15 is 0 Å². The Morgan fingerprint density at radius 1 is 1.59 bits per heavy atom. The SMILES string of the molecule is CCOC(=O)C(NCCOC)c1cccnc1. The molecule has 0 saturated carbocycles. The number of hydrogen-bond acceptors (Lipinski definition) is 5. The van der Waals surface area contributed by atoms with Crippen molar-refractivity contribution in [3.8, 4) is 0 Å². The minimum atomic E-state index is -0.487. The van der Waals surface area contributed by atoms with E-state index in [-0.39, 0.29) is 5.97 Å². The first-order valence-corrected chi connectivity index (χ1v) is 5.58. The van der Waals surface area contributed by atoms with Gasteiger partial charge in [-0.2, -0.15) is 0 Å². The number of hydrogen-bond donors (Lipinski definition) is 1. The van der Waals surface area contributed by atoms with Crippen molar-refractivity contribution >= 4 is 5.97 Å². The van der Waals surface area contributed by atoms with Crippen LogP contribution >= 0.6 is 0 Å². The average Bonchev–Trinajstić information content (AvgIpc) is 2.36. The van der Waals surface area contributed by atoms with Crippen LogP contribution in [0.25, 0.3) is 0 Å². The summed E-state index contributed by atoms with van der Waals surface area (Å²) in [5.74, 6) is -0.295. The Labute approximate surface area is 101 Å². The van der Waals surface area contributed by atoms with Gasteiger partial charge in [0.05, 0.1) is 13.2 Å². The van der Waals surface area contributed by atoms with Crippen LogP contribution in [0.1, 0.15) is 18.5 Å². The van der Waals surface area contributed by atoms with E-state index in [4.69, 9.17) is 9.47 Å². The van der Waals surface area contributed by atoms with Crippen LogP contribution in [0.2, 0.25) is 0 Å². The third-order valence-corrected chi connectivity index (χ3v) is 2.19. The van der Waals surface area contributed by atoms with Gasteiger partial charge in [0.25, 0.3) is 0 Å². The van der Waals surface area contributed by atoms with E-state index in [0.717, 1.165) is 5.56 Å². The number of carbonyl (C=O) groups excluding carboxylic acids is 1. The number of nitrogens with zero attached hydrogens (tertiary/aromatic N) is 1. The quantitative estimate of drug-likeness (QED) is 0.565. The summed E-state index contributed by atoms with van der Waals surface area (Å²) in [6.07, 6.45) is 3.32. The van der Waals surface area contributed by atoms with Crippen molar-refractivity contribution in [2.24, 2.45) is 0 Å². The molecule has 0 fully saturated rings. The maximum atomic E-state index is 11.8. The van der Waals surface area contributed by atoms with E-state index in [1.807, 2.05) is 6.07 Å². The molecule has 5 heteroatoms. The Morgan fingerprint density at radius 2 is 2.41 bits per heavy atom. The summed E-state index contributed by atoms with van der Waals surface area (Å²) in [4.78, 5) is 15.8. The fraction of sp³-hybridized carbons (Fsp3) is 0.500. The predicted octanol–water partition coefficient (Wildman–Crippen LogP) is 0.922. The van der Waals surface area contributed by atoms with Gasteiger partial charge in [0.15, 0.2) is 0 Å². The van der Waals surface area contributed by atoms with Crippen LogP contribution < -0.4 is 5.32 Å². The number of rotatable bonds is 7. The number of carbonyl (C=O) groups is 1. The number of ether oxygens (including phenoxy) is 2. The highest BCUT2D eigenvalue weighted by atomic mass is 16.5. The molecule has 0 amide bonds. The molecule has 0 bridgehead atoms. The van der Waals surface area contributed by atoms with E-state index in [1.165, 1.54) is 0 Å². The maximum absolute atomic E-state index is 11.8. The average molecular weight is 238 g/mol. The molecular formula is C12H18N2O3. The second-order valence-corrected chi connectivity index (χ2v) is 3.42. The zero-order chi connectivity index (χ0) is 12.5. The summed E-state index contributed by atoms with van der Waals surface area (Å²) in [7, 11) is 1.62. The van der Waals surface area contributed by atoms with Gasteiger partial charge < -0.3 is 9.47 Å². The van der Waals surface area contributed by atoms with Crippen molar-refractivity contribution in [2.45, 2.75) is 13.0 Å². The lowest BCUT2D eigenvalue weighted by Crippen LogP contribution is -2.32. The first-order valence-electron chi connectivity index (χ1n) is 5.58. The van der Waals surface area contributed by atoms with Gasteiger partial charge in [0.2, 0.25) is 0 Å². The Kier molecular flexibility index (Phi) is 6.21. The van der Waals surface area contributed by atoms with Crippen LogP contribution in [0, 0.1) is 0 Å². The second kappa shape index (κ2) is 7.76. The molecule has 17 heavy (non-hydrogen) atoms. The third kappa shape index (κ3) is 4.50. The summed E-state index contributed by atoms with van der Waals surface area (Å²) in [5, 5.41) is 3.08. The predicted molar refractivity (Wildman–Crippen MR) is 63.5 cm³/mol. The van der Waals surface area contributed by atoms with Crippen LogP contribution in [0.3, 0.4) is 0 Å². The summed E-state index contributed by atoms with van der Waals surface area (Å²) in [6, 6.07) is 3.15. The smallest absolute Gasteiger partial charge is 0.327 e. The Balaban J connectivity index is 2.68. The fourth-order valence-electron chi connectivity index (χ4n) is 1.41. The lowest BCUT2D eigenvalue weighted by molar-refractivity contribution is -0.145. The number of pyridine rings is 1. The number of aromatic nitrogens is 1. The van der Waals surface area contributed by atoms with Gasteiger partial charge in [0.1, 0.15) is 6.04 Å². The summed E-state index contributed by atoms with van der Waals surface area (Å²) < 4.78 is 9.96. The minimum absolute atomic E-state index is 0.295. The van der Waals surface area contributed by atoms with Crippen molar-refractivity contribution in [3.63, 3.8) is 0 Å². The molecule has 1 rings (SSSR count). The van der Waals surface area contributed by atoms with E-state index < -0.39 is 6.04 Å². The first kappa shape index (κ1) is 13.6. The Bertz CT molecular complexity index is 330. The van der Waals surface area contributed by atoms with Crippen molar-refractivity contribution in [2.75, 3.05) is 26.9 Å². The molecule has 1 N–H and O–H groups in total. The first-order chi connectivity index (χ1) is 8.29. The van der Waals surface area contributed by atoms with Crippen molar-refractivity contribution in [3.05, 3.63) is 30.1 Å². The topological polar surface area (TPSA) is 60.5 Å². The molecule has 1 aromatic rings. The molecule has 0 aliphatic heterocycles. The molecule has 0 aromatic carbocycles. The van der Waals surface area contributed by atoms with E-state index in [2.05, 4.69) is 10.3 Å². The van der Waals surface area contributed by atoms with Crippen LogP contribution in [0.4, 0.5) is 0 Å². The van der Waals surface area contributed by atoms with Crippen LogP contribution in [-0.2, 0) is 14.3 Å². The lowest BCUT2D eigenvalue weighted by Gasteiger charge is -2.16. The standard InChI is InChI=1S/C12H18N2O3/c1-3-17-12(15)11(14-7-8-16-2)10-5-4-6-13-9-10/h4-6,9,11,14H,3,7-8H2,1-2H3. The zero-order valence-electron chi connectivity index (χ0n) is 10.2. The van der Waals surface area contributed by atoms with Crippen LogP contribution in [0.5, 0.6) is 0 Å². The Hall–Kier alpha value is -1.46.